The average Bonchev–Trinajstić information content (AvgIpc) is 2.47. The van der Waals surface area contributed by atoms with Crippen LogP contribution in [0, 0.1) is 6.92 Å². The van der Waals surface area contributed by atoms with Crippen LogP contribution in [-0.2, 0) is 6.54 Å². The quantitative estimate of drug-likeness (QED) is 0.915. The second kappa shape index (κ2) is 6.31. The van der Waals surface area contributed by atoms with Crippen LogP contribution >= 0.6 is 0 Å². The summed E-state index contributed by atoms with van der Waals surface area (Å²) in [4.78, 5) is 13.3. The lowest BCUT2D eigenvalue weighted by Gasteiger charge is -2.22. The number of methoxy groups -OCH3 is 1. The van der Waals surface area contributed by atoms with Crippen molar-refractivity contribution in [1.29, 1.82) is 0 Å². The number of carboxylic acid groups (broad SMARTS) is 1. The molecule has 0 atom stereocenters. The van der Waals surface area contributed by atoms with Crippen LogP contribution in [0.2, 0.25) is 0 Å². The molecular weight excluding hydrogens is 266 g/mol. The minimum absolute atomic E-state index is 0.316. The van der Waals surface area contributed by atoms with Crippen LogP contribution in [0.3, 0.4) is 0 Å². The van der Waals surface area contributed by atoms with Crippen molar-refractivity contribution >= 4 is 11.7 Å². The van der Waals surface area contributed by atoms with Crippen molar-refractivity contribution in [2.24, 2.45) is 0 Å². The van der Waals surface area contributed by atoms with E-state index in [2.05, 4.69) is 0 Å². The van der Waals surface area contributed by atoms with Gasteiger partial charge in [0.2, 0.25) is 0 Å². The molecule has 110 valence electrons. The average molecular weight is 285 g/mol. The number of carboxylic acids is 1. The van der Waals surface area contributed by atoms with Crippen LogP contribution in [0.1, 0.15) is 21.5 Å². The molecule has 4 heteroatoms. The van der Waals surface area contributed by atoms with E-state index in [1.165, 1.54) is 0 Å². The van der Waals surface area contributed by atoms with Crippen LogP contribution in [-0.4, -0.2) is 25.2 Å². The predicted octanol–water partition coefficient (Wildman–Crippen LogP) is 3.34. The van der Waals surface area contributed by atoms with E-state index in [-0.39, 0.29) is 0 Å². The zero-order chi connectivity index (χ0) is 15.4. The summed E-state index contributed by atoms with van der Waals surface area (Å²) in [6, 6.07) is 13.1. The van der Waals surface area contributed by atoms with E-state index < -0.39 is 5.97 Å². The number of anilines is 1. The molecule has 21 heavy (non-hydrogen) atoms. The summed E-state index contributed by atoms with van der Waals surface area (Å²) in [5.74, 6) is -0.102. The summed E-state index contributed by atoms with van der Waals surface area (Å²) in [5, 5.41) is 9.30. The van der Waals surface area contributed by atoms with E-state index in [0.29, 0.717) is 12.1 Å². The van der Waals surface area contributed by atoms with Crippen molar-refractivity contribution in [1.82, 2.24) is 0 Å². The molecule has 4 nitrogen and oxygen atoms in total. The molecule has 0 saturated carbocycles. The van der Waals surface area contributed by atoms with Gasteiger partial charge in [0.25, 0.3) is 0 Å². The number of hydrogen-bond acceptors (Lipinski definition) is 3. The second-order valence-corrected chi connectivity index (χ2v) is 5.03. The fourth-order valence-electron chi connectivity index (χ4n) is 2.23. The highest BCUT2D eigenvalue weighted by atomic mass is 16.5. The normalized spacial score (nSPS) is 10.2. The Labute approximate surface area is 124 Å². The SMILES string of the molecule is COc1ccc(CN(C)c2cc(C)ccc2C(=O)O)cc1. The zero-order valence-electron chi connectivity index (χ0n) is 12.5. The van der Waals surface area contributed by atoms with Gasteiger partial charge in [0.1, 0.15) is 5.75 Å². The largest absolute Gasteiger partial charge is 0.497 e. The molecule has 0 fully saturated rings. The van der Waals surface area contributed by atoms with Crippen LogP contribution in [0.25, 0.3) is 0 Å². The lowest BCUT2D eigenvalue weighted by molar-refractivity contribution is 0.0697. The molecule has 0 bridgehead atoms. The van der Waals surface area contributed by atoms with Crippen molar-refractivity contribution < 1.29 is 14.6 Å². The fraction of sp³-hybridized carbons (Fsp3) is 0.235. The fourth-order valence-corrected chi connectivity index (χ4v) is 2.23. The molecule has 0 aliphatic carbocycles. The molecule has 0 unspecified atom stereocenters. The zero-order valence-corrected chi connectivity index (χ0v) is 12.5. The minimum atomic E-state index is -0.911. The number of ether oxygens (including phenoxy) is 1. The summed E-state index contributed by atoms with van der Waals surface area (Å²) in [7, 11) is 3.53. The summed E-state index contributed by atoms with van der Waals surface area (Å²) in [5.41, 5.74) is 3.17. The topological polar surface area (TPSA) is 49.8 Å². The van der Waals surface area contributed by atoms with E-state index in [1.54, 1.807) is 13.2 Å². The monoisotopic (exact) mass is 285 g/mol. The van der Waals surface area contributed by atoms with Crippen molar-refractivity contribution in [2.75, 3.05) is 19.1 Å². The number of hydrogen-bond donors (Lipinski definition) is 1. The first-order valence-corrected chi connectivity index (χ1v) is 6.69. The van der Waals surface area contributed by atoms with Gasteiger partial charge in [-0.1, -0.05) is 18.2 Å². The first-order chi connectivity index (χ1) is 10.0. The molecule has 0 amide bonds. The molecule has 2 aromatic carbocycles. The molecule has 2 rings (SSSR count). The van der Waals surface area contributed by atoms with Crippen LogP contribution in [0.15, 0.2) is 42.5 Å². The third-order valence-electron chi connectivity index (χ3n) is 3.37. The molecular formula is C17H19NO3. The van der Waals surface area contributed by atoms with Gasteiger partial charge in [0, 0.05) is 13.6 Å². The maximum atomic E-state index is 11.3. The van der Waals surface area contributed by atoms with Crippen LogP contribution in [0.4, 0.5) is 5.69 Å². The van der Waals surface area contributed by atoms with Crippen molar-refractivity contribution in [3.63, 3.8) is 0 Å². The van der Waals surface area contributed by atoms with E-state index in [9.17, 15) is 9.90 Å². The Hall–Kier alpha value is -2.49. The summed E-state index contributed by atoms with van der Waals surface area (Å²) >= 11 is 0. The van der Waals surface area contributed by atoms with Gasteiger partial charge in [-0.05, 0) is 42.3 Å². The molecule has 2 aromatic rings. The van der Waals surface area contributed by atoms with Crippen LogP contribution < -0.4 is 9.64 Å². The molecule has 0 aliphatic rings. The van der Waals surface area contributed by atoms with Gasteiger partial charge in [-0.25, -0.2) is 4.79 Å². The third-order valence-corrected chi connectivity index (χ3v) is 3.37. The number of aryl methyl sites for hydroxylation is 1. The highest BCUT2D eigenvalue weighted by Crippen LogP contribution is 2.23. The van der Waals surface area contributed by atoms with Gasteiger partial charge in [0.05, 0.1) is 18.4 Å². The van der Waals surface area contributed by atoms with Crippen molar-refractivity contribution in [3.8, 4) is 5.75 Å². The molecule has 0 saturated heterocycles. The van der Waals surface area contributed by atoms with Gasteiger partial charge < -0.3 is 14.7 Å². The molecule has 0 spiro atoms. The number of benzene rings is 2. The maximum Gasteiger partial charge on any atom is 0.337 e. The predicted molar refractivity (Wildman–Crippen MR) is 83.2 cm³/mol. The number of carbonyl (C=O) groups is 1. The van der Waals surface area contributed by atoms with Crippen molar-refractivity contribution in [2.45, 2.75) is 13.5 Å². The maximum absolute atomic E-state index is 11.3. The first kappa shape index (κ1) is 14.9. The van der Waals surface area contributed by atoms with Gasteiger partial charge in [0.15, 0.2) is 0 Å². The standard InChI is InChI=1S/C17H19NO3/c1-12-4-9-15(17(19)20)16(10-12)18(2)11-13-5-7-14(21-3)8-6-13/h4-10H,11H2,1-3H3,(H,19,20). The molecule has 1 N–H and O–H groups in total. The third kappa shape index (κ3) is 3.54. The van der Waals surface area contributed by atoms with E-state index >= 15 is 0 Å². The van der Waals surface area contributed by atoms with E-state index in [4.69, 9.17) is 4.74 Å². The number of rotatable bonds is 5. The summed E-state index contributed by atoms with van der Waals surface area (Å²) in [6.07, 6.45) is 0. The highest BCUT2D eigenvalue weighted by molar-refractivity contribution is 5.94. The molecule has 0 aromatic heterocycles. The Kier molecular flexibility index (Phi) is 4.48. The van der Waals surface area contributed by atoms with E-state index in [1.807, 2.05) is 55.3 Å². The number of aromatic carboxylic acids is 1. The Bertz CT molecular complexity index is 635. The van der Waals surface area contributed by atoms with Crippen molar-refractivity contribution in [3.05, 3.63) is 59.2 Å². The smallest absolute Gasteiger partial charge is 0.337 e. The highest BCUT2D eigenvalue weighted by Gasteiger charge is 2.13. The summed E-state index contributed by atoms with van der Waals surface area (Å²) in [6.45, 7) is 2.59. The minimum Gasteiger partial charge on any atom is -0.497 e. The lowest BCUT2D eigenvalue weighted by Crippen LogP contribution is -2.19. The number of nitrogens with zero attached hydrogens (tertiary/aromatic N) is 1. The van der Waals surface area contributed by atoms with Gasteiger partial charge in [-0.2, -0.15) is 0 Å². The second-order valence-electron chi connectivity index (χ2n) is 5.03. The Morgan fingerprint density at radius 1 is 1.19 bits per heavy atom. The summed E-state index contributed by atoms with van der Waals surface area (Å²) < 4.78 is 5.13. The van der Waals surface area contributed by atoms with Crippen LogP contribution in [0.5, 0.6) is 5.75 Å². The van der Waals surface area contributed by atoms with Gasteiger partial charge in [-0.3, -0.25) is 0 Å². The Morgan fingerprint density at radius 2 is 1.86 bits per heavy atom. The van der Waals surface area contributed by atoms with E-state index in [0.717, 1.165) is 22.6 Å². The Balaban J connectivity index is 2.24. The molecule has 0 aliphatic heterocycles. The first-order valence-electron chi connectivity index (χ1n) is 6.69. The lowest BCUT2D eigenvalue weighted by atomic mass is 10.1. The van der Waals surface area contributed by atoms with Gasteiger partial charge >= 0.3 is 5.97 Å². The van der Waals surface area contributed by atoms with Gasteiger partial charge in [-0.15, -0.1) is 0 Å². The Morgan fingerprint density at radius 3 is 2.43 bits per heavy atom. The molecule has 0 heterocycles. The molecule has 0 radical (unpaired) electrons.